The lowest BCUT2D eigenvalue weighted by atomic mass is 10.1. The summed E-state index contributed by atoms with van der Waals surface area (Å²) in [6, 6.07) is 28.9. The van der Waals surface area contributed by atoms with Gasteiger partial charge in [0.2, 0.25) is 0 Å². The summed E-state index contributed by atoms with van der Waals surface area (Å²) in [5, 5.41) is 7.26. The minimum Gasteiger partial charge on any atom is -0.306 e. The second-order valence-corrected chi connectivity index (χ2v) is 6.18. The zero-order chi connectivity index (χ0) is 19.3. The lowest BCUT2D eigenvalue weighted by molar-refractivity contribution is 0.0947. The first kappa shape index (κ1) is 17.4. The van der Waals surface area contributed by atoms with Crippen molar-refractivity contribution in [3.8, 4) is 11.3 Å². The van der Waals surface area contributed by atoms with E-state index in [-0.39, 0.29) is 11.8 Å². The zero-order valence-electron chi connectivity index (χ0n) is 14.9. The van der Waals surface area contributed by atoms with E-state index < -0.39 is 0 Å². The van der Waals surface area contributed by atoms with E-state index in [1.165, 1.54) is 4.68 Å². The summed E-state index contributed by atoms with van der Waals surface area (Å²) in [6.45, 7) is 0. The molecule has 0 bridgehead atoms. The molecule has 3 aromatic carbocycles. The monoisotopic (exact) mass is 367 g/mol. The molecule has 5 heteroatoms. The van der Waals surface area contributed by atoms with Crippen molar-refractivity contribution < 1.29 is 9.59 Å². The zero-order valence-corrected chi connectivity index (χ0v) is 14.9. The van der Waals surface area contributed by atoms with E-state index in [0.717, 1.165) is 5.56 Å². The number of amides is 1. The molecule has 1 aromatic heterocycles. The molecule has 0 aliphatic rings. The third-order valence-corrected chi connectivity index (χ3v) is 4.27. The number of nitrogens with zero attached hydrogens (tertiary/aromatic N) is 2. The Bertz CT molecular complexity index is 1100. The van der Waals surface area contributed by atoms with E-state index >= 15 is 0 Å². The first-order valence-corrected chi connectivity index (χ1v) is 8.84. The van der Waals surface area contributed by atoms with Crippen LogP contribution in [-0.2, 0) is 0 Å². The smallest absolute Gasteiger partial charge is 0.280 e. The number of carbonyl (C=O) groups is 2. The quantitative estimate of drug-likeness (QED) is 0.578. The third kappa shape index (κ3) is 3.59. The van der Waals surface area contributed by atoms with Crippen LogP contribution in [-0.4, -0.2) is 21.6 Å². The summed E-state index contributed by atoms with van der Waals surface area (Å²) in [4.78, 5) is 25.6. The largest absolute Gasteiger partial charge is 0.306 e. The predicted molar refractivity (Wildman–Crippen MR) is 108 cm³/mol. The fraction of sp³-hybridized carbons (Fsp3) is 0. The molecule has 0 saturated carbocycles. The van der Waals surface area contributed by atoms with Crippen molar-refractivity contribution in [1.82, 2.24) is 9.78 Å². The SMILES string of the molecule is O=C(Nc1cc(-c2ccccc2)nn1C(=O)c1ccccc1)c1ccccc1. The molecule has 0 spiro atoms. The highest BCUT2D eigenvalue weighted by Crippen LogP contribution is 2.23. The molecule has 0 saturated heterocycles. The summed E-state index contributed by atoms with van der Waals surface area (Å²) in [7, 11) is 0. The number of hydrogen-bond donors (Lipinski definition) is 1. The normalized spacial score (nSPS) is 10.4. The Kier molecular flexibility index (Phi) is 4.80. The Labute approximate surface area is 162 Å². The van der Waals surface area contributed by atoms with E-state index in [1.807, 2.05) is 42.5 Å². The molecule has 136 valence electrons. The van der Waals surface area contributed by atoms with Crippen LogP contribution in [0.5, 0.6) is 0 Å². The Balaban J connectivity index is 1.74. The van der Waals surface area contributed by atoms with Gasteiger partial charge in [-0.25, -0.2) is 0 Å². The van der Waals surface area contributed by atoms with Crippen LogP contribution in [0.3, 0.4) is 0 Å². The highest BCUT2D eigenvalue weighted by atomic mass is 16.2. The molecule has 1 N–H and O–H groups in total. The lowest BCUT2D eigenvalue weighted by Crippen LogP contribution is -2.20. The molecule has 4 aromatic rings. The van der Waals surface area contributed by atoms with Crippen molar-refractivity contribution in [2.45, 2.75) is 0 Å². The van der Waals surface area contributed by atoms with Gasteiger partial charge in [-0.1, -0.05) is 66.7 Å². The molecular formula is C23H17N3O2. The summed E-state index contributed by atoms with van der Waals surface area (Å²) in [5.41, 5.74) is 2.45. The van der Waals surface area contributed by atoms with Gasteiger partial charge in [0.15, 0.2) is 0 Å². The summed E-state index contributed by atoms with van der Waals surface area (Å²) < 4.78 is 1.23. The molecule has 0 unspecified atom stereocenters. The minimum absolute atomic E-state index is 0.303. The number of nitrogens with one attached hydrogen (secondary N) is 1. The van der Waals surface area contributed by atoms with Crippen LogP contribution < -0.4 is 5.32 Å². The molecular weight excluding hydrogens is 350 g/mol. The maximum Gasteiger partial charge on any atom is 0.280 e. The molecule has 0 aliphatic carbocycles. The third-order valence-electron chi connectivity index (χ3n) is 4.27. The highest BCUT2D eigenvalue weighted by Gasteiger charge is 2.19. The summed E-state index contributed by atoms with van der Waals surface area (Å²) >= 11 is 0. The topological polar surface area (TPSA) is 64.0 Å². The molecule has 0 atom stereocenters. The maximum atomic E-state index is 13.0. The van der Waals surface area contributed by atoms with Crippen LogP contribution in [0.2, 0.25) is 0 Å². The minimum atomic E-state index is -0.314. The second-order valence-electron chi connectivity index (χ2n) is 6.18. The standard InChI is InChI=1S/C23H17N3O2/c27-22(18-12-6-2-7-13-18)24-21-16-20(17-10-4-1-5-11-17)25-26(21)23(28)19-14-8-3-9-15-19/h1-16H,(H,24,27). The molecule has 1 amide bonds. The first-order chi connectivity index (χ1) is 13.7. The Hall–Kier alpha value is -3.99. The van der Waals surface area contributed by atoms with Crippen molar-refractivity contribution in [1.29, 1.82) is 0 Å². The summed E-state index contributed by atoms with van der Waals surface area (Å²) in [6.07, 6.45) is 0. The van der Waals surface area contributed by atoms with Gasteiger partial charge in [0.05, 0.1) is 5.69 Å². The van der Waals surface area contributed by atoms with Crippen LogP contribution in [0, 0.1) is 0 Å². The number of carbonyl (C=O) groups excluding carboxylic acids is 2. The van der Waals surface area contributed by atoms with Gasteiger partial charge in [0.1, 0.15) is 5.82 Å². The van der Waals surface area contributed by atoms with Gasteiger partial charge in [-0.2, -0.15) is 9.78 Å². The van der Waals surface area contributed by atoms with Gasteiger partial charge in [0.25, 0.3) is 11.8 Å². The number of hydrogen-bond acceptors (Lipinski definition) is 3. The molecule has 0 aliphatic heterocycles. The van der Waals surface area contributed by atoms with E-state index in [9.17, 15) is 9.59 Å². The number of benzene rings is 3. The van der Waals surface area contributed by atoms with Crippen LogP contribution in [0.15, 0.2) is 97.1 Å². The van der Waals surface area contributed by atoms with Gasteiger partial charge < -0.3 is 5.32 Å². The average Bonchev–Trinajstić information content (AvgIpc) is 3.19. The fourth-order valence-electron chi connectivity index (χ4n) is 2.86. The van der Waals surface area contributed by atoms with E-state index in [0.29, 0.717) is 22.6 Å². The second kappa shape index (κ2) is 7.72. The Morgan fingerprint density at radius 1 is 0.714 bits per heavy atom. The van der Waals surface area contributed by atoms with Crippen molar-refractivity contribution in [2.75, 3.05) is 5.32 Å². The molecule has 0 fully saturated rings. The van der Waals surface area contributed by atoms with E-state index in [4.69, 9.17) is 0 Å². The van der Waals surface area contributed by atoms with Gasteiger partial charge in [0, 0.05) is 22.8 Å². The van der Waals surface area contributed by atoms with Crippen molar-refractivity contribution in [2.24, 2.45) is 0 Å². The lowest BCUT2D eigenvalue weighted by Gasteiger charge is -2.08. The molecule has 5 nitrogen and oxygen atoms in total. The Morgan fingerprint density at radius 2 is 1.25 bits per heavy atom. The van der Waals surface area contributed by atoms with Crippen molar-refractivity contribution in [3.05, 3.63) is 108 Å². The Morgan fingerprint density at radius 3 is 1.86 bits per heavy atom. The van der Waals surface area contributed by atoms with E-state index in [1.54, 1.807) is 54.6 Å². The summed E-state index contributed by atoms with van der Waals surface area (Å²) in [5.74, 6) is -0.296. The van der Waals surface area contributed by atoms with Gasteiger partial charge >= 0.3 is 0 Å². The molecule has 4 rings (SSSR count). The molecule has 1 heterocycles. The fourth-order valence-corrected chi connectivity index (χ4v) is 2.86. The van der Waals surface area contributed by atoms with Crippen LogP contribution in [0.25, 0.3) is 11.3 Å². The first-order valence-electron chi connectivity index (χ1n) is 8.84. The number of aromatic nitrogens is 2. The maximum absolute atomic E-state index is 13.0. The van der Waals surface area contributed by atoms with Crippen molar-refractivity contribution >= 4 is 17.6 Å². The van der Waals surface area contributed by atoms with Gasteiger partial charge in [-0.05, 0) is 24.3 Å². The molecule has 28 heavy (non-hydrogen) atoms. The van der Waals surface area contributed by atoms with Crippen molar-refractivity contribution in [3.63, 3.8) is 0 Å². The molecule has 0 radical (unpaired) electrons. The van der Waals surface area contributed by atoms with Crippen LogP contribution in [0.4, 0.5) is 5.82 Å². The predicted octanol–water partition coefficient (Wildman–Crippen LogP) is 4.49. The number of anilines is 1. The number of rotatable bonds is 4. The highest BCUT2D eigenvalue weighted by molar-refractivity contribution is 6.06. The van der Waals surface area contributed by atoms with Gasteiger partial charge in [-0.3, -0.25) is 9.59 Å². The van der Waals surface area contributed by atoms with Gasteiger partial charge in [-0.15, -0.1) is 0 Å². The van der Waals surface area contributed by atoms with E-state index in [2.05, 4.69) is 10.4 Å². The van der Waals surface area contributed by atoms with Crippen LogP contribution >= 0.6 is 0 Å². The average molecular weight is 367 g/mol. The van der Waals surface area contributed by atoms with Crippen LogP contribution in [0.1, 0.15) is 20.7 Å².